The fourth-order valence-electron chi connectivity index (χ4n) is 6.16. The summed E-state index contributed by atoms with van der Waals surface area (Å²) in [6.07, 6.45) is -21.7. The molecule has 0 amide bonds. The molecule has 3 aliphatic heterocycles. The van der Waals surface area contributed by atoms with Crippen LogP contribution in [-0.4, -0.2) is 167 Å². The lowest BCUT2D eigenvalue weighted by atomic mass is 9.96. The molecule has 0 aliphatic carbocycles. The Bertz CT molecular complexity index is 1590. The molecule has 5 rings (SSSR count). The van der Waals surface area contributed by atoms with Crippen molar-refractivity contribution in [1.29, 1.82) is 0 Å². The number of esters is 1. The molecule has 0 radical (unpaired) electrons. The lowest BCUT2D eigenvalue weighted by molar-refractivity contribution is -0.389. The van der Waals surface area contributed by atoms with Crippen LogP contribution in [0.15, 0.2) is 42.5 Å². The lowest BCUT2D eigenvalue weighted by Crippen LogP contribution is -2.67. The van der Waals surface area contributed by atoms with Crippen LogP contribution < -0.4 is 0 Å². The highest BCUT2D eigenvalue weighted by Gasteiger charge is 2.55. The molecular weight excluding hydrogens is 724 g/mol. The van der Waals surface area contributed by atoms with E-state index in [-0.39, 0.29) is 30.1 Å². The second-order valence-corrected chi connectivity index (χ2v) is 13.2. The van der Waals surface area contributed by atoms with Gasteiger partial charge in [-0.1, -0.05) is 12.1 Å². The zero-order valence-corrected chi connectivity index (χ0v) is 29.1. The summed E-state index contributed by atoms with van der Waals surface area (Å²) in [5.74, 6) is -2.64. The van der Waals surface area contributed by atoms with Gasteiger partial charge in [-0.05, 0) is 61.7 Å². The van der Waals surface area contributed by atoms with E-state index in [9.17, 15) is 61.0 Å². The first-order chi connectivity index (χ1) is 25.6. The van der Waals surface area contributed by atoms with E-state index in [0.29, 0.717) is 5.56 Å². The normalized spacial score (nSPS) is 37.3. The standard InChI is InChI=1S/C35H46O19/c1-14-24(42)26(44)28(46)33(49-14)53-31-30(52-23(41)8-5-16-3-6-18(37)20(39)11-16)22(13-36)51-35(48-10-9-17-4-7-19(38)21(40)12-17)32(31)54-34-29(47)27(45)25(43)15(2)50-34/h3-8,11-12,14-15,22,24-40,42-47H,9-10,13H2,1-2H3/t14-,15-,22+,24-,25-,26+,27+,28+,29+,30+,31-,32+,33-,34-,35+/m0/s1. The summed E-state index contributed by atoms with van der Waals surface area (Å²) in [6, 6.07) is 7.82. The number of carbonyl (C=O) groups is 1. The smallest absolute Gasteiger partial charge is 0.331 e. The summed E-state index contributed by atoms with van der Waals surface area (Å²) in [6.45, 7) is 1.78. The van der Waals surface area contributed by atoms with E-state index in [1.165, 1.54) is 56.3 Å². The van der Waals surface area contributed by atoms with Gasteiger partial charge in [0.05, 0.1) is 25.4 Å². The van der Waals surface area contributed by atoms with Gasteiger partial charge in [0.1, 0.15) is 54.9 Å². The number of aliphatic hydroxyl groups is 7. The molecule has 15 atom stereocenters. The van der Waals surface area contributed by atoms with E-state index in [1.807, 2.05) is 0 Å². The molecule has 0 spiro atoms. The van der Waals surface area contributed by atoms with Crippen LogP contribution in [0.2, 0.25) is 0 Å². The summed E-state index contributed by atoms with van der Waals surface area (Å²) in [7, 11) is 0. The molecule has 3 saturated heterocycles. The van der Waals surface area contributed by atoms with Gasteiger partial charge in [-0.15, -0.1) is 0 Å². The van der Waals surface area contributed by atoms with Crippen molar-refractivity contribution in [3.63, 3.8) is 0 Å². The predicted molar refractivity (Wildman–Crippen MR) is 178 cm³/mol. The van der Waals surface area contributed by atoms with Gasteiger partial charge in [0.15, 0.2) is 48.0 Å². The molecule has 300 valence electrons. The number of rotatable bonds is 12. The number of benzene rings is 2. The number of ether oxygens (including phenoxy) is 7. The Balaban J connectivity index is 1.49. The first-order valence-electron chi connectivity index (χ1n) is 17.1. The Morgan fingerprint density at radius 3 is 1.78 bits per heavy atom. The fraction of sp³-hybridized carbons (Fsp3) is 0.571. The van der Waals surface area contributed by atoms with Crippen LogP contribution in [0, 0.1) is 0 Å². The van der Waals surface area contributed by atoms with Crippen LogP contribution >= 0.6 is 0 Å². The largest absolute Gasteiger partial charge is 0.504 e. The first kappa shape index (κ1) is 41.5. The maximum Gasteiger partial charge on any atom is 0.331 e. The molecule has 19 nitrogen and oxygen atoms in total. The van der Waals surface area contributed by atoms with Gasteiger partial charge in [-0.3, -0.25) is 0 Å². The van der Waals surface area contributed by atoms with Crippen LogP contribution in [-0.2, 0) is 44.4 Å². The van der Waals surface area contributed by atoms with Crippen LogP contribution in [0.3, 0.4) is 0 Å². The van der Waals surface area contributed by atoms with Crippen molar-refractivity contribution >= 4 is 12.0 Å². The molecule has 2 aromatic rings. The number of phenols is 4. The van der Waals surface area contributed by atoms with Gasteiger partial charge < -0.3 is 89.3 Å². The molecule has 0 saturated carbocycles. The Morgan fingerprint density at radius 2 is 1.22 bits per heavy atom. The molecule has 19 heteroatoms. The third-order valence-electron chi connectivity index (χ3n) is 9.35. The Labute approximate surface area is 308 Å². The maximum atomic E-state index is 13.3. The number of hydrogen-bond acceptors (Lipinski definition) is 19. The number of aliphatic hydroxyl groups excluding tert-OH is 7. The number of aromatic hydroxyl groups is 4. The van der Waals surface area contributed by atoms with Crippen molar-refractivity contribution < 1.29 is 94.1 Å². The highest BCUT2D eigenvalue weighted by Crippen LogP contribution is 2.35. The van der Waals surface area contributed by atoms with Crippen LogP contribution in [0.25, 0.3) is 6.08 Å². The minimum atomic E-state index is -1.89. The zero-order chi connectivity index (χ0) is 39.4. The summed E-state index contributed by atoms with van der Waals surface area (Å²) in [5, 5.41) is 113. The second-order valence-electron chi connectivity index (χ2n) is 13.2. The molecule has 0 unspecified atom stereocenters. The highest BCUT2D eigenvalue weighted by atomic mass is 16.8. The molecule has 3 heterocycles. The highest BCUT2D eigenvalue weighted by molar-refractivity contribution is 5.87. The van der Waals surface area contributed by atoms with Crippen LogP contribution in [0.4, 0.5) is 0 Å². The third kappa shape index (κ3) is 9.40. The van der Waals surface area contributed by atoms with Crippen molar-refractivity contribution in [2.75, 3.05) is 13.2 Å². The number of carbonyl (C=O) groups excluding carboxylic acids is 1. The Hall–Kier alpha value is -3.67. The molecule has 3 fully saturated rings. The molecule has 54 heavy (non-hydrogen) atoms. The van der Waals surface area contributed by atoms with Crippen molar-refractivity contribution in [1.82, 2.24) is 0 Å². The van der Waals surface area contributed by atoms with Gasteiger partial charge in [0, 0.05) is 6.08 Å². The van der Waals surface area contributed by atoms with E-state index in [2.05, 4.69) is 0 Å². The molecule has 3 aliphatic rings. The summed E-state index contributed by atoms with van der Waals surface area (Å²) in [4.78, 5) is 13.3. The number of hydrogen-bond donors (Lipinski definition) is 11. The van der Waals surface area contributed by atoms with E-state index >= 15 is 0 Å². The maximum absolute atomic E-state index is 13.3. The summed E-state index contributed by atoms with van der Waals surface area (Å²) >= 11 is 0. The minimum Gasteiger partial charge on any atom is -0.504 e. The molecule has 11 N–H and O–H groups in total. The molecular formula is C35H46O19. The first-order valence-corrected chi connectivity index (χ1v) is 17.1. The van der Waals surface area contributed by atoms with Crippen molar-refractivity contribution in [3.8, 4) is 23.0 Å². The van der Waals surface area contributed by atoms with Gasteiger partial charge in [0.25, 0.3) is 0 Å². The number of phenolic OH excluding ortho intramolecular Hbond substituents is 4. The minimum absolute atomic E-state index is 0.113. The summed E-state index contributed by atoms with van der Waals surface area (Å²) < 4.78 is 41.3. The summed E-state index contributed by atoms with van der Waals surface area (Å²) in [5.41, 5.74) is 0.798. The SMILES string of the molecule is C[C@@H]1O[C@@H](O[C@@H]2[C@@H](O[C@@H]3O[C@@H](C)[C@H](O)[C@@H](O)[C@H]3O)[C@H](OCCc3ccc(O)c(O)c3)O[C@H](CO)[C@H]2OC(=O)C=Cc2ccc(O)c(O)c2)[C@H](O)[C@H](O)[C@H]1O. The van der Waals surface area contributed by atoms with Gasteiger partial charge >= 0.3 is 5.97 Å². The van der Waals surface area contributed by atoms with Crippen molar-refractivity contribution in [3.05, 3.63) is 53.6 Å². The molecule has 0 bridgehead atoms. The molecule has 2 aromatic carbocycles. The van der Waals surface area contributed by atoms with Gasteiger partial charge in [-0.25, -0.2) is 4.79 Å². The average molecular weight is 771 g/mol. The monoisotopic (exact) mass is 770 g/mol. The molecule has 0 aromatic heterocycles. The van der Waals surface area contributed by atoms with E-state index in [0.717, 1.165) is 6.08 Å². The van der Waals surface area contributed by atoms with E-state index < -0.39 is 116 Å². The quantitative estimate of drug-likeness (QED) is 0.0622. The fourth-order valence-corrected chi connectivity index (χ4v) is 6.16. The van der Waals surface area contributed by atoms with Crippen LogP contribution in [0.1, 0.15) is 25.0 Å². The Morgan fingerprint density at radius 1 is 0.667 bits per heavy atom. The third-order valence-corrected chi connectivity index (χ3v) is 9.35. The van der Waals surface area contributed by atoms with E-state index in [1.54, 1.807) is 0 Å². The van der Waals surface area contributed by atoms with Gasteiger partial charge in [-0.2, -0.15) is 0 Å². The Kier molecular flexibility index (Phi) is 13.7. The topological polar surface area (TPSA) is 304 Å². The predicted octanol–water partition coefficient (Wildman–Crippen LogP) is -2.16. The average Bonchev–Trinajstić information content (AvgIpc) is 3.14. The van der Waals surface area contributed by atoms with E-state index in [4.69, 9.17) is 33.2 Å². The van der Waals surface area contributed by atoms with Crippen molar-refractivity contribution in [2.45, 2.75) is 112 Å². The zero-order valence-electron chi connectivity index (χ0n) is 29.1. The second kappa shape index (κ2) is 17.9. The van der Waals surface area contributed by atoms with Crippen LogP contribution in [0.5, 0.6) is 23.0 Å². The van der Waals surface area contributed by atoms with Gasteiger partial charge in [0.2, 0.25) is 0 Å². The lowest BCUT2D eigenvalue weighted by Gasteiger charge is -2.49. The van der Waals surface area contributed by atoms with Crippen molar-refractivity contribution in [2.24, 2.45) is 0 Å².